The highest BCUT2D eigenvalue weighted by Gasteiger charge is 2.64. The topological polar surface area (TPSA) is 81.7 Å². The second kappa shape index (κ2) is 5.37. The van der Waals surface area contributed by atoms with Gasteiger partial charge in [0.05, 0.1) is 11.8 Å². The third-order valence-electron chi connectivity index (χ3n) is 5.16. The summed E-state index contributed by atoms with van der Waals surface area (Å²) in [4.78, 5) is 36.0. The van der Waals surface area contributed by atoms with Gasteiger partial charge in [-0.25, -0.2) is 0 Å². The highest BCUT2D eigenvalue weighted by molar-refractivity contribution is 5.93. The van der Waals surface area contributed by atoms with Gasteiger partial charge in [-0.3, -0.25) is 14.4 Å². The SMILES string of the molecule is O=C(COC(=O)[C@H]1[C@@H]2C[C@@H]3[C@@H]1C(=O)O[C@@H]3C2)Nc1ccccc1. The number of anilines is 1. The second-order valence-corrected chi connectivity index (χ2v) is 6.44. The molecule has 6 nitrogen and oxygen atoms in total. The van der Waals surface area contributed by atoms with E-state index < -0.39 is 11.9 Å². The van der Waals surface area contributed by atoms with Crippen LogP contribution in [0.1, 0.15) is 12.8 Å². The Morgan fingerprint density at radius 1 is 1.22 bits per heavy atom. The fraction of sp³-hybridized carbons (Fsp3) is 0.471. The van der Waals surface area contributed by atoms with E-state index in [9.17, 15) is 14.4 Å². The lowest BCUT2D eigenvalue weighted by atomic mass is 9.80. The van der Waals surface area contributed by atoms with Crippen LogP contribution in [0.25, 0.3) is 0 Å². The predicted molar refractivity (Wildman–Crippen MR) is 79.1 cm³/mol. The van der Waals surface area contributed by atoms with E-state index in [4.69, 9.17) is 9.47 Å². The number of fused-ring (bicyclic) bond motifs is 1. The Balaban J connectivity index is 1.34. The van der Waals surface area contributed by atoms with Crippen LogP contribution in [-0.2, 0) is 23.9 Å². The molecule has 6 heteroatoms. The van der Waals surface area contributed by atoms with Crippen molar-refractivity contribution in [2.45, 2.75) is 18.9 Å². The Morgan fingerprint density at radius 2 is 2.00 bits per heavy atom. The lowest BCUT2D eigenvalue weighted by Gasteiger charge is -2.22. The van der Waals surface area contributed by atoms with Crippen molar-refractivity contribution < 1.29 is 23.9 Å². The first-order chi connectivity index (χ1) is 11.1. The lowest BCUT2D eigenvalue weighted by Crippen LogP contribution is -2.34. The molecule has 1 aromatic carbocycles. The summed E-state index contributed by atoms with van der Waals surface area (Å²) >= 11 is 0. The number of benzene rings is 1. The maximum Gasteiger partial charge on any atom is 0.310 e. The molecule has 4 rings (SSSR count). The first kappa shape index (κ1) is 14.2. The van der Waals surface area contributed by atoms with Gasteiger partial charge < -0.3 is 14.8 Å². The molecule has 3 aliphatic rings. The van der Waals surface area contributed by atoms with Crippen LogP contribution in [0.2, 0.25) is 0 Å². The summed E-state index contributed by atoms with van der Waals surface area (Å²) in [5, 5.41) is 2.66. The van der Waals surface area contributed by atoms with Crippen LogP contribution in [0.3, 0.4) is 0 Å². The molecule has 120 valence electrons. The van der Waals surface area contributed by atoms with Crippen molar-refractivity contribution in [1.82, 2.24) is 0 Å². The summed E-state index contributed by atoms with van der Waals surface area (Å²) in [5.41, 5.74) is 0.649. The molecule has 1 aromatic rings. The first-order valence-corrected chi connectivity index (χ1v) is 7.85. The number of amides is 1. The average molecular weight is 315 g/mol. The number of esters is 2. The quantitative estimate of drug-likeness (QED) is 0.849. The third kappa shape index (κ3) is 2.38. The normalized spacial score (nSPS) is 33.4. The van der Waals surface area contributed by atoms with Crippen molar-refractivity contribution in [2.75, 3.05) is 11.9 Å². The molecule has 2 bridgehead atoms. The van der Waals surface area contributed by atoms with Crippen molar-refractivity contribution in [3.63, 3.8) is 0 Å². The number of carbonyl (C=O) groups is 3. The van der Waals surface area contributed by atoms with Crippen LogP contribution in [0.15, 0.2) is 30.3 Å². The van der Waals surface area contributed by atoms with E-state index >= 15 is 0 Å². The van der Waals surface area contributed by atoms with E-state index in [2.05, 4.69) is 5.32 Å². The molecule has 2 aliphatic carbocycles. The predicted octanol–water partition coefficient (Wildman–Crippen LogP) is 1.37. The van der Waals surface area contributed by atoms with Gasteiger partial charge in [-0.1, -0.05) is 18.2 Å². The van der Waals surface area contributed by atoms with Gasteiger partial charge in [-0.05, 0) is 30.9 Å². The van der Waals surface area contributed by atoms with E-state index in [1.165, 1.54) is 0 Å². The number of hydrogen-bond acceptors (Lipinski definition) is 5. The molecule has 1 heterocycles. The van der Waals surface area contributed by atoms with E-state index in [1.54, 1.807) is 24.3 Å². The number of ether oxygens (including phenoxy) is 2. The maximum absolute atomic E-state index is 12.3. The Labute approximate surface area is 133 Å². The molecule has 23 heavy (non-hydrogen) atoms. The van der Waals surface area contributed by atoms with Gasteiger partial charge in [0, 0.05) is 11.6 Å². The molecule has 3 fully saturated rings. The molecule has 1 aliphatic heterocycles. The smallest absolute Gasteiger partial charge is 0.310 e. The number of hydrogen-bond donors (Lipinski definition) is 1. The molecule has 0 radical (unpaired) electrons. The van der Waals surface area contributed by atoms with Gasteiger partial charge >= 0.3 is 11.9 Å². The zero-order valence-corrected chi connectivity index (χ0v) is 12.4. The fourth-order valence-electron chi connectivity index (χ4n) is 4.28. The average Bonchev–Trinajstić information content (AvgIpc) is 3.15. The summed E-state index contributed by atoms with van der Waals surface area (Å²) < 4.78 is 10.5. The summed E-state index contributed by atoms with van der Waals surface area (Å²) in [6, 6.07) is 8.96. The maximum atomic E-state index is 12.3. The monoisotopic (exact) mass is 315 g/mol. The minimum Gasteiger partial charge on any atom is -0.462 e. The lowest BCUT2D eigenvalue weighted by molar-refractivity contribution is -0.157. The largest absolute Gasteiger partial charge is 0.462 e. The molecule has 1 amide bonds. The minimum atomic E-state index is -0.456. The van der Waals surface area contributed by atoms with Gasteiger partial charge in [-0.2, -0.15) is 0 Å². The summed E-state index contributed by atoms with van der Waals surface area (Å²) in [7, 11) is 0. The number of para-hydroxylation sites is 1. The number of nitrogens with one attached hydrogen (secondary N) is 1. The van der Waals surface area contributed by atoms with Crippen LogP contribution < -0.4 is 5.32 Å². The second-order valence-electron chi connectivity index (χ2n) is 6.44. The van der Waals surface area contributed by atoms with Crippen LogP contribution in [0.4, 0.5) is 5.69 Å². The standard InChI is InChI=1S/C17H17NO5/c19-13(18-10-4-2-1-3-5-10)8-22-16(20)14-9-6-11-12(7-9)23-17(21)15(11)14/h1-5,9,11-12,14-15H,6-8H2,(H,18,19)/t9-,11+,12-,14+,15+/m1/s1. The molecule has 2 saturated carbocycles. The molecule has 1 saturated heterocycles. The van der Waals surface area contributed by atoms with Gasteiger partial charge in [0.25, 0.3) is 5.91 Å². The van der Waals surface area contributed by atoms with Crippen LogP contribution in [-0.4, -0.2) is 30.6 Å². The molecule has 0 spiro atoms. The van der Waals surface area contributed by atoms with E-state index in [0.29, 0.717) is 5.69 Å². The Morgan fingerprint density at radius 3 is 2.78 bits per heavy atom. The van der Waals surface area contributed by atoms with Gasteiger partial charge in [0.1, 0.15) is 6.10 Å². The van der Waals surface area contributed by atoms with Crippen LogP contribution in [0, 0.1) is 23.7 Å². The van der Waals surface area contributed by atoms with Crippen molar-refractivity contribution >= 4 is 23.5 Å². The van der Waals surface area contributed by atoms with Gasteiger partial charge in [-0.15, -0.1) is 0 Å². The molecule has 0 unspecified atom stereocenters. The first-order valence-electron chi connectivity index (χ1n) is 7.85. The molecule has 1 N–H and O–H groups in total. The van der Waals surface area contributed by atoms with E-state index in [0.717, 1.165) is 12.8 Å². The highest BCUT2D eigenvalue weighted by atomic mass is 16.6. The Hall–Kier alpha value is -2.37. The molecule has 5 atom stereocenters. The van der Waals surface area contributed by atoms with Gasteiger partial charge in [0.2, 0.25) is 0 Å². The van der Waals surface area contributed by atoms with Crippen molar-refractivity contribution in [3.05, 3.63) is 30.3 Å². The van der Waals surface area contributed by atoms with E-state index in [-0.39, 0.29) is 42.3 Å². The fourth-order valence-corrected chi connectivity index (χ4v) is 4.28. The summed E-state index contributed by atoms with van der Waals surface area (Å²) in [6.07, 6.45) is 1.57. The summed E-state index contributed by atoms with van der Waals surface area (Å²) in [5.74, 6) is -1.65. The van der Waals surface area contributed by atoms with Crippen molar-refractivity contribution in [3.8, 4) is 0 Å². The number of rotatable bonds is 4. The van der Waals surface area contributed by atoms with Crippen molar-refractivity contribution in [1.29, 1.82) is 0 Å². The third-order valence-corrected chi connectivity index (χ3v) is 5.16. The summed E-state index contributed by atoms with van der Waals surface area (Å²) in [6.45, 7) is -0.340. The number of carbonyl (C=O) groups excluding carboxylic acids is 3. The zero-order chi connectivity index (χ0) is 16.0. The van der Waals surface area contributed by atoms with Crippen LogP contribution in [0.5, 0.6) is 0 Å². The van der Waals surface area contributed by atoms with Crippen LogP contribution >= 0.6 is 0 Å². The zero-order valence-electron chi connectivity index (χ0n) is 12.4. The highest BCUT2D eigenvalue weighted by Crippen LogP contribution is 2.57. The molecule has 0 aromatic heterocycles. The molecular formula is C17H17NO5. The van der Waals surface area contributed by atoms with E-state index in [1.807, 2.05) is 6.07 Å². The Bertz CT molecular complexity index is 656. The van der Waals surface area contributed by atoms with Gasteiger partial charge in [0.15, 0.2) is 6.61 Å². The minimum absolute atomic E-state index is 0.0112. The van der Waals surface area contributed by atoms with Crippen molar-refractivity contribution in [2.24, 2.45) is 23.7 Å². The molecular weight excluding hydrogens is 298 g/mol. The Kier molecular flexibility index (Phi) is 3.32.